The van der Waals surface area contributed by atoms with E-state index in [1.165, 1.54) is 0 Å². The number of amides is 1. The number of hydrogen-bond donors (Lipinski definition) is 1. The molecule has 4 heteroatoms. The third-order valence-corrected chi connectivity index (χ3v) is 5.80. The maximum atomic E-state index is 13.4. The van der Waals surface area contributed by atoms with Crippen LogP contribution in [0.1, 0.15) is 33.1 Å². The zero-order valence-corrected chi connectivity index (χ0v) is 20.0. The Morgan fingerprint density at radius 2 is 1.56 bits per heavy atom. The highest BCUT2D eigenvalue weighted by molar-refractivity contribution is 5.93. The molecule has 0 aliphatic heterocycles. The van der Waals surface area contributed by atoms with Crippen molar-refractivity contribution in [1.29, 1.82) is 0 Å². The predicted molar refractivity (Wildman–Crippen MR) is 138 cm³/mol. The Hall–Kier alpha value is -2.85. The molecule has 1 amide bonds. The van der Waals surface area contributed by atoms with Crippen molar-refractivity contribution in [2.75, 3.05) is 36.9 Å². The van der Waals surface area contributed by atoms with Crippen molar-refractivity contribution >= 4 is 17.3 Å². The minimum Gasteiger partial charge on any atom is -0.383 e. The number of benzene rings is 2. The van der Waals surface area contributed by atoms with Crippen LogP contribution < -0.4 is 10.2 Å². The molecule has 172 valence electrons. The average Bonchev–Trinajstić information content (AvgIpc) is 2.75. The Balaban J connectivity index is 2.03. The Labute approximate surface area is 194 Å². The third-order valence-electron chi connectivity index (χ3n) is 5.80. The second kappa shape index (κ2) is 12.9. The summed E-state index contributed by atoms with van der Waals surface area (Å²) in [6.07, 6.45) is 6.23. The molecular weight excluding hydrogens is 394 g/mol. The Bertz CT molecular complexity index is 824. The molecule has 0 saturated heterocycles. The van der Waals surface area contributed by atoms with Gasteiger partial charge in [0.2, 0.25) is 5.91 Å². The number of carbonyl (C=O) groups is 1. The standard InChI is InChI=1S/C28H40N3O/c1-6-21-31(5,22-7-2)23-25(4)30(27-18-12-9-13-19-27)28(32)20-14-15-24(3)29-26-16-10-8-11-17-26/h6-13,16-19,24-25,29H,1-2,14-15,20-23H2,3-5H3/q+1. The highest BCUT2D eigenvalue weighted by Crippen LogP contribution is 2.21. The number of nitrogens with one attached hydrogen (secondary N) is 1. The summed E-state index contributed by atoms with van der Waals surface area (Å²) in [6.45, 7) is 14.7. The zero-order chi connectivity index (χ0) is 23.4. The summed E-state index contributed by atoms with van der Waals surface area (Å²) < 4.78 is 0.781. The Morgan fingerprint density at radius 1 is 1.00 bits per heavy atom. The lowest BCUT2D eigenvalue weighted by Crippen LogP contribution is -2.54. The number of hydrogen-bond acceptors (Lipinski definition) is 2. The molecule has 2 rings (SSSR count). The molecule has 2 aromatic carbocycles. The van der Waals surface area contributed by atoms with Gasteiger partial charge in [-0.3, -0.25) is 4.79 Å². The van der Waals surface area contributed by atoms with Crippen LogP contribution in [-0.4, -0.2) is 49.2 Å². The normalized spacial score (nSPS) is 13.1. The molecule has 2 atom stereocenters. The molecule has 2 aromatic rings. The molecule has 0 saturated carbocycles. The summed E-state index contributed by atoms with van der Waals surface area (Å²) in [6, 6.07) is 20.6. The first-order valence-electron chi connectivity index (χ1n) is 11.6. The molecule has 0 spiro atoms. The molecular formula is C28H40N3O+. The van der Waals surface area contributed by atoms with Gasteiger partial charge < -0.3 is 14.7 Å². The van der Waals surface area contributed by atoms with Crippen LogP contribution in [0.2, 0.25) is 0 Å². The van der Waals surface area contributed by atoms with Crippen molar-refractivity contribution in [3.63, 3.8) is 0 Å². The summed E-state index contributed by atoms with van der Waals surface area (Å²) in [4.78, 5) is 15.4. The third kappa shape index (κ3) is 8.01. The smallest absolute Gasteiger partial charge is 0.227 e. The number of anilines is 2. The molecule has 0 heterocycles. The molecule has 0 aromatic heterocycles. The highest BCUT2D eigenvalue weighted by Gasteiger charge is 2.29. The van der Waals surface area contributed by atoms with E-state index >= 15 is 0 Å². The van der Waals surface area contributed by atoms with Gasteiger partial charge in [0.1, 0.15) is 0 Å². The Morgan fingerprint density at radius 3 is 2.12 bits per heavy atom. The molecule has 0 aliphatic carbocycles. The first-order valence-corrected chi connectivity index (χ1v) is 11.6. The zero-order valence-electron chi connectivity index (χ0n) is 20.0. The van der Waals surface area contributed by atoms with E-state index in [2.05, 4.69) is 51.5 Å². The fraction of sp³-hybridized carbons (Fsp3) is 0.393. The van der Waals surface area contributed by atoms with Crippen molar-refractivity contribution in [1.82, 2.24) is 0 Å². The minimum atomic E-state index is 0.0645. The quantitative estimate of drug-likeness (QED) is 0.297. The number of carbonyl (C=O) groups excluding carboxylic acids is 1. The molecule has 4 nitrogen and oxygen atoms in total. The van der Waals surface area contributed by atoms with Gasteiger partial charge in [0.15, 0.2) is 0 Å². The molecule has 0 aliphatic rings. The van der Waals surface area contributed by atoms with E-state index in [4.69, 9.17) is 0 Å². The van der Waals surface area contributed by atoms with Crippen molar-refractivity contribution in [3.8, 4) is 0 Å². The monoisotopic (exact) mass is 434 g/mol. The van der Waals surface area contributed by atoms with E-state index in [-0.39, 0.29) is 11.9 Å². The van der Waals surface area contributed by atoms with E-state index in [0.29, 0.717) is 12.5 Å². The van der Waals surface area contributed by atoms with Crippen LogP contribution >= 0.6 is 0 Å². The van der Waals surface area contributed by atoms with Crippen LogP contribution in [0.5, 0.6) is 0 Å². The van der Waals surface area contributed by atoms with E-state index in [1.807, 2.05) is 65.6 Å². The van der Waals surface area contributed by atoms with Gasteiger partial charge in [-0.05, 0) is 63.1 Å². The van der Waals surface area contributed by atoms with Gasteiger partial charge in [0.05, 0.1) is 32.7 Å². The number of likely N-dealkylation sites (N-methyl/N-ethyl adjacent to an activating group) is 1. The number of nitrogens with zero attached hydrogens (tertiary/aromatic N) is 2. The van der Waals surface area contributed by atoms with Crippen LogP contribution in [0.15, 0.2) is 86.0 Å². The van der Waals surface area contributed by atoms with Crippen molar-refractivity contribution in [2.45, 2.75) is 45.2 Å². The number of rotatable bonds is 14. The number of para-hydroxylation sites is 2. The SMILES string of the molecule is C=CC[N+](C)(CC=C)CC(C)N(C(=O)CCCC(C)Nc1ccccc1)c1ccccc1. The summed E-state index contributed by atoms with van der Waals surface area (Å²) >= 11 is 0. The van der Waals surface area contributed by atoms with Crippen LogP contribution in [0.4, 0.5) is 11.4 Å². The van der Waals surface area contributed by atoms with Gasteiger partial charge in [-0.1, -0.05) is 49.6 Å². The van der Waals surface area contributed by atoms with Gasteiger partial charge in [0, 0.05) is 23.8 Å². The van der Waals surface area contributed by atoms with Crippen molar-refractivity contribution in [3.05, 3.63) is 86.0 Å². The predicted octanol–water partition coefficient (Wildman–Crippen LogP) is 5.90. The molecule has 32 heavy (non-hydrogen) atoms. The van der Waals surface area contributed by atoms with Gasteiger partial charge in [-0.2, -0.15) is 0 Å². The topological polar surface area (TPSA) is 32.3 Å². The Kier molecular flexibility index (Phi) is 10.2. The fourth-order valence-electron chi connectivity index (χ4n) is 4.37. The molecule has 0 fully saturated rings. The first kappa shape index (κ1) is 25.4. The summed E-state index contributed by atoms with van der Waals surface area (Å²) in [5.41, 5.74) is 2.08. The molecule has 0 bridgehead atoms. The maximum absolute atomic E-state index is 13.4. The number of quaternary nitrogens is 1. The van der Waals surface area contributed by atoms with E-state index in [1.54, 1.807) is 0 Å². The second-order valence-corrected chi connectivity index (χ2v) is 9.00. The summed E-state index contributed by atoms with van der Waals surface area (Å²) in [5, 5.41) is 3.51. The average molecular weight is 435 g/mol. The van der Waals surface area contributed by atoms with Crippen LogP contribution in [0.25, 0.3) is 0 Å². The van der Waals surface area contributed by atoms with Gasteiger partial charge >= 0.3 is 0 Å². The van der Waals surface area contributed by atoms with Gasteiger partial charge in [-0.25, -0.2) is 0 Å². The van der Waals surface area contributed by atoms with Crippen LogP contribution in [0.3, 0.4) is 0 Å². The van der Waals surface area contributed by atoms with E-state index < -0.39 is 0 Å². The lowest BCUT2D eigenvalue weighted by atomic mass is 10.1. The van der Waals surface area contributed by atoms with Crippen LogP contribution in [-0.2, 0) is 4.79 Å². The minimum absolute atomic E-state index is 0.0645. The maximum Gasteiger partial charge on any atom is 0.227 e. The summed E-state index contributed by atoms with van der Waals surface area (Å²) in [7, 11) is 2.20. The second-order valence-electron chi connectivity index (χ2n) is 9.00. The van der Waals surface area contributed by atoms with E-state index in [9.17, 15) is 4.79 Å². The lowest BCUT2D eigenvalue weighted by molar-refractivity contribution is -0.898. The fourth-order valence-corrected chi connectivity index (χ4v) is 4.37. The molecule has 0 radical (unpaired) electrons. The van der Waals surface area contributed by atoms with Crippen LogP contribution in [0, 0.1) is 0 Å². The summed E-state index contributed by atoms with van der Waals surface area (Å²) in [5.74, 6) is 0.180. The van der Waals surface area contributed by atoms with Crippen molar-refractivity contribution in [2.24, 2.45) is 0 Å². The van der Waals surface area contributed by atoms with E-state index in [0.717, 1.165) is 48.3 Å². The highest BCUT2D eigenvalue weighted by atomic mass is 16.2. The molecule has 1 N–H and O–H groups in total. The largest absolute Gasteiger partial charge is 0.383 e. The molecule has 2 unspecified atom stereocenters. The first-order chi connectivity index (χ1) is 15.4. The van der Waals surface area contributed by atoms with Gasteiger partial charge in [-0.15, -0.1) is 0 Å². The lowest BCUT2D eigenvalue weighted by Gasteiger charge is -2.39. The van der Waals surface area contributed by atoms with Gasteiger partial charge in [0.25, 0.3) is 0 Å². The van der Waals surface area contributed by atoms with Crippen molar-refractivity contribution < 1.29 is 9.28 Å².